The number of carboxylic acids is 1. The lowest BCUT2D eigenvalue weighted by Crippen LogP contribution is -2.10. The molecule has 0 amide bonds. The number of nitrogens with zero attached hydrogens (tertiary/aromatic N) is 2. The number of aromatic carboxylic acids is 1. The third kappa shape index (κ3) is 2.23. The standard InChI is InChI=1S/C15H18N2O2/c1-2-11(8-10-6-7-10)17-9-16-13-5-3-4-12(14(13)17)15(18)19/h3-5,9-11H,2,6-8H2,1H3,(H,18,19). The van der Waals surface area contributed by atoms with Crippen LogP contribution in [0.3, 0.4) is 0 Å². The van der Waals surface area contributed by atoms with Crippen LogP contribution in [0.25, 0.3) is 11.0 Å². The molecule has 4 nitrogen and oxygen atoms in total. The van der Waals surface area contributed by atoms with Crippen LogP contribution in [0.15, 0.2) is 24.5 Å². The highest BCUT2D eigenvalue weighted by molar-refractivity contribution is 6.01. The largest absolute Gasteiger partial charge is 0.478 e. The van der Waals surface area contributed by atoms with Gasteiger partial charge in [0, 0.05) is 6.04 Å². The molecule has 19 heavy (non-hydrogen) atoms. The van der Waals surface area contributed by atoms with Gasteiger partial charge in [0.25, 0.3) is 0 Å². The van der Waals surface area contributed by atoms with Crippen LogP contribution in [0.1, 0.15) is 49.0 Å². The fraction of sp³-hybridized carbons (Fsp3) is 0.467. The molecule has 1 aliphatic carbocycles. The summed E-state index contributed by atoms with van der Waals surface area (Å²) in [6.45, 7) is 2.16. The zero-order valence-electron chi connectivity index (χ0n) is 11.0. The predicted molar refractivity (Wildman–Crippen MR) is 73.4 cm³/mol. The van der Waals surface area contributed by atoms with E-state index in [1.807, 2.05) is 6.07 Å². The van der Waals surface area contributed by atoms with Crippen LogP contribution < -0.4 is 0 Å². The highest BCUT2D eigenvalue weighted by Crippen LogP contribution is 2.39. The van der Waals surface area contributed by atoms with Gasteiger partial charge in [0.2, 0.25) is 0 Å². The van der Waals surface area contributed by atoms with Gasteiger partial charge in [0.1, 0.15) is 0 Å². The Morgan fingerprint density at radius 3 is 2.95 bits per heavy atom. The first-order chi connectivity index (χ1) is 9.20. The second kappa shape index (κ2) is 4.68. The Bertz CT molecular complexity index is 614. The van der Waals surface area contributed by atoms with E-state index < -0.39 is 5.97 Å². The van der Waals surface area contributed by atoms with Gasteiger partial charge < -0.3 is 9.67 Å². The number of hydrogen-bond acceptors (Lipinski definition) is 2. The van der Waals surface area contributed by atoms with Gasteiger partial charge in [-0.25, -0.2) is 9.78 Å². The van der Waals surface area contributed by atoms with E-state index in [-0.39, 0.29) is 0 Å². The van der Waals surface area contributed by atoms with Crippen LogP contribution in [0.2, 0.25) is 0 Å². The summed E-state index contributed by atoms with van der Waals surface area (Å²) in [5.41, 5.74) is 1.89. The molecule has 1 N–H and O–H groups in total. The summed E-state index contributed by atoms with van der Waals surface area (Å²) in [6, 6.07) is 5.65. The van der Waals surface area contributed by atoms with Crippen molar-refractivity contribution in [3.05, 3.63) is 30.1 Å². The molecule has 1 atom stereocenters. The molecule has 0 aliphatic heterocycles. The first-order valence-corrected chi connectivity index (χ1v) is 6.89. The van der Waals surface area contributed by atoms with Gasteiger partial charge in [0.05, 0.1) is 22.9 Å². The second-order valence-corrected chi connectivity index (χ2v) is 5.37. The fourth-order valence-corrected chi connectivity index (χ4v) is 2.75. The van der Waals surface area contributed by atoms with Gasteiger partial charge in [-0.05, 0) is 30.9 Å². The number of hydrogen-bond donors (Lipinski definition) is 1. The van der Waals surface area contributed by atoms with Gasteiger partial charge in [-0.1, -0.05) is 25.8 Å². The molecular formula is C15H18N2O2. The average molecular weight is 258 g/mol. The van der Waals surface area contributed by atoms with Crippen molar-refractivity contribution in [2.45, 2.75) is 38.6 Å². The van der Waals surface area contributed by atoms with Crippen molar-refractivity contribution in [1.82, 2.24) is 9.55 Å². The molecule has 1 unspecified atom stereocenters. The van der Waals surface area contributed by atoms with Crippen LogP contribution in [-0.2, 0) is 0 Å². The maximum atomic E-state index is 11.4. The Kier molecular flexibility index (Phi) is 3.01. The monoisotopic (exact) mass is 258 g/mol. The summed E-state index contributed by atoms with van der Waals surface area (Å²) in [5.74, 6) is -0.0620. The molecule has 0 radical (unpaired) electrons. The number of carbonyl (C=O) groups is 1. The zero-order valence-corrected chi connectivity index (χ0v) is 11.0. The Morgan fingerprint density at radius 2 is 2.32 bits per heavy atom. The van der Waals surface area contributed by atoms with E-state index in [1.165, 1.54) is 12.8 Å². The van der Waals surface area contributed by atoms with E-state index in [0.717, 1.165) is 29.8 Å². The molecule has 1 aromatic heterocycles. The lowest BCUT2D eigenvalue weighted by molar-refractivity contribution is 0.0698. The Morgan fingerprint density at radius 1 is 1.53 bits per heavy atom. The first-order valence-electron chi connectivity index (χ1n) is 6.89. The number of para-hydroxylation sites is 1. The van der Waals surface area contributed by atoms with Crippen molar-refractivity contribution in [2.24, 2.45) is 5.92 Å². The summed E-state index contributed by atoms with van der Waals surface area (Å²) >= 11 is 0. The summed E-state index contributed by atoms with van der Waals surface area (Å²) in [4.78, 5) is 15.7. The molecule has 1 heterocycles. The highest BCUT2D eigenvalue weighted by atomic mass is 16.4. The van der Waals surface area contributed by atoms with Crippen LogP contribution in [0.4, 0.5) is 0 Å². The molecule has 0 bridgehead atoms. The summed E-state index contributed by atoms with van der Waals surface area (Å²) in [7, 11) is 0. The van der Waals surface area contributed by atoms with E-state index in [0.29, 0.717) is 11.6 Å². The van der Waals surface area contributed by atoms with Gasteiger partial charge in [-0.3, -0.25) is 0 Å². The van der Waals surface area contributed by atoms with Crippen molar-refractivity contribution in [3.63, 3.8) is 0 Å². The van der Waals surface area contributed by atoms with Crippen LogP contribution in [0.5, 0.6) is 0 Å². The minimum atomic E-state index is -0.881. The predicted octanol–water partition coefficient (Wildman–Crippen LogP) is 3.49. The molecule has 1 aromatic carbocycles. The van der Waals surface area contributed by atoms with Crippen LogP contribution in [-0.4, -0.2) is 20.6 Å². The average Bonchev–Trinajstić information content (AvgIpc) is 3.13. The Hall–Kier alpha value is -1.84. The normalized spacial score (nSPS) is 16.7. The van der Waals surface area contributed by atoms with Crippen LogP contribution in [0, 0.1) is 5.92 Å². The topological polar surface area (TPSA) is 55.1 Å². The minimum absolute atomic E-state index is 0.351. The molecule has 1 saturated carbocycles. The molecule has 1 aliphatic rings. The second-order valence-electron chi connectivity index (χ2n) is 5.37. The van der Waals surface area contributed by atoms with E-state index >= 15 is 0 Å². The number of carboxylic acid groups (broad SMARTS) is 1. The lowest BCUT2D eigenvalue weighted by atomic mass is 10.1. The first kappa shape index (κ1) is 12.2. The van der Waals surface area contributed by atoms with Gasteiger partial charge in [0.15, 0.2) is 0 Å². The summed E-state index contributed by atoms with van der Waals surface area (Å²) in [5, 5.41) is 9.33. The van der Waals surface area contributed by atoms with E-state index in [1.54, 1.807) is 18.5 Å². The smallest absolute Gasteiger partial charge is 0.337 e. The van der Waals surface area contributed by atoms with Crippen molar-refractivity contribution in [2.75, 3.05) is 0 Å². The number of aromatic nitrogens is 2. The summed E-state index contributed by atoms with van der Waals surface area (Å²) in [6.07, 6.45) is 6.57. The quantitative estimate of drug-likeness (QED) is 0.893. The molecule has 1 fully saturated rings. The van der Waals surface area contributed by atoms with E-state index in [9.17, 15) is 9.90 Å². The highest BCUT2D eigenvalue weighted by Gasteiger charge is 2.27. The SMILES string of the molecule is CCC(CC1CC1)n1cnc2cccc(C(=O)O)c21. The molecule has 0 saturated heterocycles. The lowest BCUT2D eigenvalue weighted by Gasteiger charge is -2.18. The maximum absolute atomic E-state index is 11.4. The fourth-order valence-electron chi connectivity index (χ4n) is 2.75. The van der Waals surface area contributed by atoms with E-state index in [2.05, 4.69) is 16.5 Å². The number of imidazole rings is 1. The number of fused-ring (bicyclic) bond motifs is 1. The Labute approximate surface area is 112 Å². The number of benzene rings is 1. The molecule has 3 rings (SSSR count). The zero-order chi connectivity index (χ0) is 13.4. The molecule has 0 spiro atoms. The molecule has 2 aromatic rings. The third-order valence-corrected chi connectivity index (χ3v) is 3.99. The minimum Gasteiger partial charge on any atom is -0.478 e. The van der Waals surface area contributed by atoms with Gasteiger partial charge in [-0.15, -0.1) is 0 Å². The summed E-state index contributed by atoms with van der Waals surface area (Å²) < 4.78 is 2.07. The van der Waals surface area contributed by atoms with Crippen molar-refractivity contribution in [1.29, 1.82) is 0 Å². The van der Waals surface area contributed by atoms with E-state index in [4.69, 9.17) is 0 Å². The Balaban J connectivity index is 2.08. The maximum Gasteiger partial charge on any atom is 0.337 e. The van der Waals surface area contributed by atoms with Crippen LogP contribution >= 0.6 is 0 Å². The third-order valence-electron chi connectivity index (χ3n) is 3.99. The molecular weight excluding hydrogens is 240 g/mol. The molecule has 100 valence electrons. The number of rotatable bonds is 5. The van der Waals surface area contributed by atoms with Crippen molar-refractivity contribution in [3.8, 4) is 0 Å². The van der Waals surface area contributed by atoms with Crippen molar-refractivity contribution >= 4 is 17.0 Å². The molecule has 4 heteroatoms. The van der Waals surface area contributed by atoms with Crippen molar-refractivity contribution < 1.29 is 9.90 Å². The van der Waals surface area contributed by atoms with Gasteiger partial charge >= 0.3 is 5.97 Å². The van der Waals surface area contributed by atoms with Gasteiger partial charge in [-0.2, -0.15) is 0 Å².